The normalized spacial score (nSPS) is 21.9. The van der Waals surface area contributed by atoms with Crippen LogP contribution < -0.4 is 10.5 Å². The second-order valence-electron chi connectivity index (χ2n) is 5.07. The summed E-state index contributed by atoms with van der Waals surface area (Å²) in [5, 5.41) is 0. The minimum atomic E-state index is -0.598. The molecule has 1 aromatic rings. The summed E-state index contributed by atoms with van der Waals surface area (Å²) in [5.74, 6) is -0.839. The van der Waals surface area contributed by atoms with Crippen molar-refractivity contribution in [2.45, 2.75) is 37.6 Å². The Morgan fingerprint density at radius 2 is 2.06 bits per heavy atom. The first kappa shape index (κ1) is 11.0. The first-order valence-corrected chi connectivity index (χ1v) is 5.96. The van der Waals surface area contributed by atoms with E-state index in [1.165, 1.54) is 0 Å². The van der Waals surface area contributed by atoms with Crippen molar-refractivity contribution in [3.8, 4) is 5.75 Å². The summed E-state index contributed by atoms with van der Waals surface area (Å²) < 4.78 is 32.8. The van der Waals surface area contributed by atoms with E-state index in [2.05, 4.69) is 0 Å². The number of benzene rings is 1. The van der Waals surface area contributed by atoms with Gasteiger partial charge in [0.1, 0.15) is 5.82 Å². The summed E-state index contributed by atoms with van der Waals surface area (Å²) in [6.45, 7) is 2.32. The van der Waals surface area contributed by atoms with Gasteiger partial charge in [0.05, 0.1) is 6.61 Å². The van der Waals surface area contributed by atoms with Crippen LogP contribution in [0.5, 0.6) is 5.75 Å². The Morgan fingerprint density at radius 3 is 2.65 bits per heavy atom. The molecule has 1 unspecified atom stereocenters. The lowest BCUT2D eigenvalue weighted by atomic mass is 9.84. The summed E-state index contributed by atoms with van der Waals surface area (Å²) in [6, 6.07) is 0.814. The van der Waals surface area contributed by atoms with Crippen molar-refractivity contribution in [3.63, 3.8) is 0 Å². The fraction of sp³-hybridized carbons (Fsp3) is 0.538. The first-order valence-electron chi connectivity index (χ1n) is 5.96. The Bertz CT molecular complexity index is 481. The average molecular weight is 239 g/mol. The number of fused-ring (bicyclic) bond motifs is 1. The monoisotopic (exact) mass is 239 g/mol. The Kier molecular flexibility index (Phi) is 2.20. The van der Waals surface area contributed by atoms with E-state index in [1.54, 1.807) is 0 Å². The summed E-state index contributed by atoms with van der Waals surface area (Å²) in [4.78, 5) is 0. The molecule has 0 aromatic heterocycles. The Balaban J connectivity index is 2.21. The molecule has 2 N–H and O–H groups in total. The highest BCUT2D eigenvalue weighted by Gasteiger charge is 2.51. The molecule has 2 nitrogen and oxygen atoms in total. The van der Waals surface area contributed by atoms with Gasteiger partial charge in [-0.1, -0.05) is 0 Å². The predicted octanol–water partition coefficient (Wildman–Crippen LogP) is 2.28. The van der Waals surface area contributed by atoms with Gasteiger partial charge in [-0.15, -0.1) is 0 Å². The molecule has 0 spiro atoms. The van der Waals surface area contributed by atoms with E-state index < -0.39 is 11.6 Å². The topological polar surface area (TPSA) is 35.2 Å². The van der Waals surface area contributed by atoms with Crippen molar-refractivity contribution < 1.29 is 13.5 Å². The van der Waals surface area contributed by atoms with Gasteiger partial charge < -0.3 is 10.5 Å². The van der Waals surface area contributed by atoms with Gasteiger partial charge in [-0.25, -0.2) is 8.78 Å². The van der Waals surface area contributed by atoms with E-state index in [0.29, 0.717) is 24.2 Å². The zero-order valence-corrected chi connectivity index (χ0v) is 9.72. The van der Waals surface area contributed by atoms with Gasteiger partial charge in [-0.05, 0) is 19.8 Å². The molecule has 2 aliphatic rings. The molecule has 0 amide bonds. The molecule has 3 rings (SSSR count). The summed E-state index contributed by atoms with van der Waals surface area (Å²) in [5.41, 5.74) is 6.96. The number of hydrogen-bond acceptors (Lipinski definition) is 2. The molecule has 4 heteroatoms. The number of nitrogens with two attached hydrogens (primary N) is 1. The van der Waals surface area contributed by atoms with Crippen LogP contribution in [0, 0.1) is 11.6 Å². The lowest BCUT2D eigenvalue weighted by Crippen LogP contribution is -2.33. The van der Waals surface area contributed by atoms with Gasteiger partial charge in [0.2, 0.25) is 0 Å². The molecule has 17 heavy (non-hydrogen) atoms. The standard InChI is InChI=1S/C13H15F2NO/c1-7(16)13(3-4-13)11-8-2-5-17-12(8)10(15)6-9(11)14/h6-7H,2-5,16H2,1H3. The molecule has 0 saturated heterocycles. The van der Waals surface area contributed by atoms with Crippen LogP contribution in [0.15, 0.2) is 6.07 Å². The van der Waals surface area contributed by atoms with Crippen LogP contribution in [0.1, 0.15) is 30.9 Å². The molecule has 1 heterocycles. The Morgan fingerprint density at radius 1 is 1.35 bits per heavy atom. The first-order chi connectivity index (χ1) is 8.06. The van der Waals surface area contributed by atoms with Gasteiger partial charge in [-0.2, -0.15) is 0 Å². The molecule has 1 aliphatic carbocycles. The van der Waals surface area contributed by atoms with Crippen molar-refractivity contribution in [1.29, 1.82) is 0 Å². The van der Waals surface area contributed by atoms with E-state index in [-0.39, 0.29) is 17.2 Å². The van der Waals surface area contributed by atoms with E-state index in [9.17, 15) is 8.78 Å². The Labute approximate surface area is 98.8 Å². The predicted molar refractivity (Wildman–Crippen MR) is 60.1 cm³/mol. The molecule has 1 aliphatic heterocycles. The number of rotatable bonds is 2. The molecule has 1 atom stereocenters. The maximum absolute atomic E-state index is 14.1. The number of halogens is 2. The molecular formula is C13H15F2NO. The molecule has 1 aromatic carbocycles. The lowest BCUT2D eigenvalue weighted by molar-refractivity contribution is 0.338. The third-order valence-electron chi connectivity index (χ3n) is 4.04. The highest BCUT2D eigenvalue weighted by molar-refractivity contribution is 5.51. The molecule has 1 saturated carbocycles. The van der Waals surface area contributed by atoms with Crippen molar-refractivity contribution in [3.05, 3.63) is 28.8 Å². The van der Waals surface area contributed by atoms with Crippen molar-refractivity contribution in [2.75, 3.05) is 6.61 Å². The Hall–Kier alpha value is -1.16. The van der Waals surface area contributed by atoms with Crippen molar-refractivity contribution in [2.24, 2.45) is 5.73 Å². The van der Waals surface area contributed by atoms with E-state index in [0.717, 1.165) is 18.9 Å². The average Bonchev–Trinajstić information content (AvgIpc) is 2.89. The maximum atomic E-state index is 14.1. The van der Waals surface area contributed by atoms with Gasteiger partial charge >= 0.3 is 0 Å². The van der Waals surface area contributed by atoms with Crippen LogP contribution >= 0.6 is 0 Å². The highest BCUT2D eigenvalue weighted by Crippen LogP contribution is 2.54. The van der Waals surface area contributed by atoms with Crippen molar-refractivity contribution in [1.82, 2.24) is 0 Å². The second kappa shape index (κ2) is 3.42. The van der Waals surface area contributed by atoms with Crippen LogP contribution in [0.4, 0.5) is 8.78 Å². The van der Waals surface area contributed by atoms with E-state index in [4.69, 9.17) is 10.5 Å². The smallest absolute Gasteiger partial charge is 0.168 e. The molecule has 92 valence electrons. The largest absolute Gasteiger partial charge is 0.490 e. The highest BCUT2D eigenvalue weighted by atomic mass is 19.1. The van der Waals surface area contributed by atoms with Crippen LogP contribution in [0.3, 0.4) is 0 Å². The molecule has 0 radical (unpaired) electrons. The van der Waals surface area contributed by atoms with Crippen LogP contribution in [-0.4, -0.2) is 12.6 Å². The van der Waals surface area contributed by atoms with Crippen LogP contribution in [0.2, 0.25) is 0 Å². The van der Waals surface area contributed by atoms with Gasteiger partial charge in [0, 0.05) is 35.1 Å². The second-order valence-corrected chi connectivity index (χ2v) is 5.07. The third kappa shape index (κ3) is 1.40. The van der Waals surface area contributed by atoms with Crippen molar-refractivity contribution >= 4 is 0 Å². The fourth-order valence-electron chi connectivity index (χ4n) is 2.91. The van der Waals surface area contributed by atoms with Gasteiger partial charge in [-0.3, -0.25) is 0 Å². The summed E-state index contributed by atoms with van der Waals surface area (Å²) in [6.07, 6.45) is 2.33. The minimum Gasteiger partial charge on any atom is -0.490 e. The SMILES string of the molecule is CC(N)C1(c2c(F)cc(F)c3c2CCO3)CC1. The van der Waals surface area contributed by atoms with E-state index >= 15 is 0 Å². The third-order valence-corrected chi connectivity index (χ3v) is 4.04. The van der Waals surface area contributed by atoms with Crippen LogP contribution in [0.25, 0.3) is 0 Å². The fourth-order valence-corrected chi connectivity index (χ4v) is 2.91. The molecule has 0 bridgehead atoms. The summed E-state index contributed by atoms with van der Waals surface area (Å²) >= 11 is 0. The maximum Gasteiger partial charge on any atom is 0.168 e. The zero-order valence-electron chi connectivity index (χ0n) is 9.72. The molecule has 1 fully saturated rings. The lowest BCUT2D eigenvalue weighted by Gasteiger charge is -2.23. The zero-order chi connectivity index (χ0) is 12.2. The minimum absolute atomic E-state index is 0.118. The van der Waals surface area contributed by atoms with Crippen LogP contribution in [-0.2, 0) is 11.8 Å². The van der Waals surface area contributed by atoms with Gasteiger partial charge in [0.25, 0.3) is 0 Å². The quantitative estimate of drug-likeness (QED) is 0.859. The van der Waals surface area contributed by atoms with Gasteiger partial charge in [0.15, 0.2) is 11.6 Å². The van der Waals surface area contributed by atoms with E-state index in [1.807, 2.05) is 6.92 Å². The molecular weight excluding hydrogens is 224 g/mol. The number of ether oxygens (including phenoxy) is 1. The number of hydrogen-bond donors (Lipinski definition) is 1. The summed E-state index contributed by atoms with van der Waals surface area (Å²) in [7, 11) is 0.